The molecule has 1 aromatic rings. The summed E-state index contributed by atoms with van der Waals surface area (Å²) < 4.78 is 5.33. The zero-order chi connectivity index (χ0) is 13.3. The number of ether oxygens (including phenoxy) is 1. The van der Waals surface area contributed by atoms with Gasteiger partial charge < -0.3 is 15.4 Å². The van der Waals surface area contributed by atoms with Gasteiger partial charge in [-0.25, -0.2) is 9.78 Å². The largest absolute Gasteiger partial charge is 0.464 e. The fourth-order valence-electron chi connectivity index (χ4n) is 1.86. The summed E-state index contributed by atoms with van der Waals surface area (Å²) in [6.45, 7) is 0.376. The second-order valence-electron chi connectivity index (χ2n) is 3.98. The predicted octanol–water partition coefficient (Wildman–Crippen LogP) is 0.695. The van der Waals surface area contributed by atoms with Gasteiger partial charge in [0.15, 0.2) is 5.69 Å². The molecule has 2 rings (SSSR count). The number of nitrogens with two attached hydrogens (primary N) is 1. The van der Waals surface area contributed by atoms with E-state index in [-0.39, 0.29) is 24.1 Å². The fraction of sp³-hybridized carbons (Fsp3) is 0.364. The molecule has 1 aliphatic heterocycles. The standard InChI is InChI=1S/C11H12BrN3O3/c1-18-11(17)10-8(2-6(12)4-14-10)15-5-7(13)3-9(15)16/h2,4,7H,3,5,13H2,1H3. The average molecular weight is 314 g/mol. The maximum atomic E-state index is 11.8. The maximum Gasteiger partial charge on any atom is 0.358 e. The van der Waals surface area contributed by atoms with Crippen molar-refractivity contribution in [2.75, 3.05) is 18.6 Å². The topological polar surface area (TPSA) is 85.5 Å². The molecule has 18 heavy (non-hydrogen) atoms. The summed E-state index contributed by atoms with van der Waals surface area (Å²) in [6.07, 6.45) is 1.75. The Balaban J connectivity index is 2.45. The van der Waals surface area contributed by atoms with Gasteiger partial charge in [0.05, 0.1) is 12.8 Å². The molecule has 7 heteroatoms. The molecular weight excluding hydrogens is 302 g/mol. The van der Waals surface area contributed by atoms with Crippen molar-refractivity contribution in [3.63, 3.8) is 0 Å². The average Bonchev–Trinajstić information content (AvgIpc) is 2.67. The van der Waals surface area contributed by atoms with Gasteiger partial charge in [0.1, 0.15) is 0 Å². The van der Waals surface area contributed by atoms with Crippen LogP contribution in [0, 0.1) is 0 Å². The van der Waals surface area contributed by atoms with E-state index in [4.69, 9.17) is 5.73 Å². The molecule has 1 aromatic heterocycles. The SMILES string of the molecule is COC(=O)c1ncc(Br)cc1N1CC(N)CC1=O. The number of anilines is 1. The lowest BCUT2D eigenvalue weighted by molar-refractivity contribution is -0.117. The number of methoxy groups -OCH3 is 1. The summed E-state index contributed by atoms with van der Waals surface area (Å²) in [7, 11) is 1.27. The first-order valence-electron chi connectivity index (χ1n) is 5.32. The van der Waals surface area contributed by atoms with Crippen LogP contribution in [0.4, 0.5) is 5.69 Å². The third kappa shape index (κ3) is 2.37. The molecule has 0 radical (unpaired) electrons. The summed E-state index contributed by atoms with van der Waals surface area (Å²) in [5.41, 5.74) is 6.28. The van der Waals surface area contributed by atoms with E-state index >= 15 is 0 Å². The molecule has 1 amide bonds. The molecular formula is C11H12BrN3O3. The van der Waals surface area contributed by atoms with Gasteiger partial charge in [0.25, 0.3) is 0 Å². The van der Waals surface area contributed by atoms with Gasteiger partial charge in [-0.15, -0.1) is 0 Å². The molecule has 0 aromatic carbocycles. The Morgan fingerprint density at radius 1 is 1.67 bits per heavy atom. The van der Waals surface area contributed by atoms with Crippen LogP contribution in [0.2, 0.25) is 0 Å². The van der Waals surface area contributed by atoms with E-state index in [9.17, 15) is 9.59 Å². The first kappa shape index (κ1) is 13.0. The van der Waals surface area contributed by atoms with Gasteiger partial charge in [-0.2, -0.15) is 0 Å². The van der Waals surface area contributed by atoms with Crippen LogP contribution in [0.15, 0.2) is 16.7 Å². The molecule has 0 bridgehead atoms. The Morgan fingerprint density at radius 3 is 2.94 bits per heavy atom. The second kappa shape index (κ2) is 5.03. The highest BCUT2D eigenvalue weighted by atomic mass is 79.9. The third-order valence-electron chi connectivity index (χ3n) is 2.66. The normalized spacial score (nSPS) is 19.2. The summed E-state index contributed by atoms with van der Waals surface area (Å²) in [5, 5.41) is 0. The van der Waals surface area contributed by atoms with Crippen LogP contribution in [-0.2, 0) is 9.53 Å². The van der Waals surface area contributed by atoms with E-state index in [2.05, 4.69) is 25.7 Å². The lowest BCUT2D eigenvalue weighted by Crippen LogP contribution is -2.29. The van der Waals surface area contributed by atoms with Crippen LogP contribution in [0.3, 0.4) is 0 Å². The third-order valence-corrected chi connectivity index (χ3v) is 3.09. The van der Waals surface area contributed by atoms with Crippen LogP contribution >= 0.6 is 15.9 Å². The predicted molar refractivity (Wildman–Crippen MR) is 68.2 cm³/mol. The van der Waals surface area contributed by atoms with E-state index in [0.717, 1.165) is 0 Å². The van der Waals surface area contributed by atoms with Crippen molar-refractivity contribution in [2.45, 2.75) is 12.5 Å². The molecule has 1 saturated heterocycles. The molecule has 0 spiro atoms. The van der Waals surface area contributed by atoms with Crippen LogP contribution < -0.4 is 10.6 Å². The molecule has 1 aliphatic rings. The number of hydrogen-bond donors (Lipinski definition) is 1. The number of aromatic nitrogens is 1. The number of pyridine rings is 1. The van der Waals surface area contributed by atoms with Gasteiger partial charge >= 0.3 is 5.97 Å². The maximum absolute atomic E-state index is 11.8. The highest BCUT2D eigenvalue weighted by Crippen LogP contribution is 2.27. The first-order valence-corrected chi connectivity index (χ1v) is 6.12. The van der Waals surface area contributed by atoms with Crippen molar-refractivity contribution >= 4 is 33.5 Å². The van der Waals surface area contributed by atoms with Crippen molar-refractivity contribution < 1.29 is 14.3 Å². The Morgan fingerprint density at radius 2 is 2.39 bits per heavy atom. The van der Waals surface area contributed by atoms with E-state index in [0.29, 0.717) is 16.7 Å². The zero-order valence-electron chi connectivity index (χ0n) is 9.72. The van der Waals surface area contributed by atoms with Crippen LogP contribution in [-0.4, -0.2) is 36.6 Å². The number of carbonyl (C=O) groups is 2. The van der Waals surface area contributed by atoms with Crippen molar-refractivity contribution in [3.05, 3.63) is 22.4 Å². The molecule has 2 N–H and O–H groups in total. The molecule has 96 valence electrons. The number of hydrogen-bond acceptors (Lipinski definition) is 5. The monoisotopic (exact) mass is 313 g/mol. The number of carbonyl (C=O) groups excluding carboxylic acids is 2. The highest BCUT2D eigenvalue weighted by Gasteiger charge is 2.31. The number of rotatable bonds is 2. The Hall–Kier alpha value is -1.47. The first-order chi connectivity index (χ1) is 8.52. The van der Waals surface area contributed by atoms with Gasteiger partial charge in [0.2, 0.25) is 5.91 Å². The van der Waals surface area contributed by atoms with Gasteiger partial charge in [-0.05, 0) is 22.0 Å². The van der Waals surface area contributed by atoms with Crippen LogP contribution in [0.25, 0.3) is 0 Å². The van der Waals surface area contributed by atoms with Crippen molar-refractivity contribution in [2.24, 2.45) is 5.73 Å². The van der Waals surface area contributed by atoms with Gasteiger partial charge in [0, 0.05) is 29.7 Å². The quantitative estimate of drug-likeness (QED) is 0.812. The Kier molecular flexibility index (Phi) is 3.63. The van der Waals surface area contributed by atoms with E-state index in [1.807, 2.05) is 0 Å². The Labute approximate surface area is 112 Å². The molecule has 1 unspecified atom stereocenters. The van der Waals surface area contributed by atoms with E-state index < -0.39 is 5.97 Å². The van der Waals surface area contributed by atoms with Gasteiger partial charge in [-0.1, -0.05) is 0 Å². The summed E-state index contributed by atoms with van der Waals surface area (Å²) in [4.78, 5) is 28.9. The number of halogens is 1. The minimum Gasteiger partial charge on any atom is -0.464 e. The van der Waals surface area contributed by atoms with Crippen molar-refractivity contribution in [1.82, 2.24) is 4.98 Å². The lowest BCUT2D eigenvalue weighted by Gasteiger charge is -2.18. The molecule has 6 nitrogen and oxygen atoms in total. The number of nitrogens with zero attached hydrogens (tertiary/aromatic N) is 2. The fourth-order valence-corrected chi connectivity index (χ4v) is 2.18. The molecule has 2 heterocycles. The van der Waals surface area contributed by atoms with E-state index in [1.165, 1.54) is 18.2 Å². The molecule has 0 saturated carbocycles. The second-order valence-corrected chi connectivity index (χ2v) is 4.90. The van der Waals surface area contributed by atoms with Gasteiger partial charge in [-0.3, -0.25) is 4.79 Å². The molecule has 1 atom stereocenters. The summed E-state index contributed by atoms with van der Waals surface area (Å²) in [6, 6.07) is 1.44. The van der Waals surface area contributed by atoms with Crippen LogP contribution in [0.5, 0.6) is 0 Å². The number of esters is 1. The highest BCUT2D eigenvalue weighted by molar-refractivity contribution is 9.10. The number of amides is 1. The van der Waals surface area contributed by atoms with E-state index in [1.54, 1.807) is 6.07 Å². The molecule has 1 fully saturated rings. The summed E-state index contributed by atoms with van der Waals surface area (Å²) in [5.74, 6) is -0.696. The minimum atomic E-state index is -0.578. The Bertz CT molecular complexity index is 506. The summed E-state index contributed by atoms with van der Waals surface area (Å²) >= 11 is 3.27. The molecule has 0 aliphatic carbocycles. The zero-order valence-corrected chi connectivity index (χ0v) is 11.3. The van der Waals surface area contributed by atoms with Crippen LogP contribution in [0.1, 0.15) is 16.9 Å². The minimum absolute atomic E-state index is 0.114. The smallest absolute Gasteiger partial charge is 0.358 e. The lowest BCUT2D eigenvalue weighted by atomic mass is 10.2. The van der Waals surface area contributed by atoms with Crippen molar-refractivity contribution in [1.29, 1.82) is 0 Å². The van der Waals surface area contributed by atoms with Crippen molar-refractivity contribution in [3.8, 4) is 0 Å².